The van der Waals surface area contributed by atoms with Gasteiger partial charge in [0, 0.05) is 41.6 Å². The summed E-state index contributed by atoms with van der Waals surface area (Å²) in [6.45, 7) is 3.02. The van der Waals surface area contributed by atoms with Crippen molar-refractivity contribution in [1.29, 1.82) is 0 Å². The zero-order valence-corrected chi connectivity index (χ0v) is 15.8. The van der Waals surface area contributed by atoms with Gasteiger partial charge in [0.2, 0.25) is 5.91 Å². The molecule has 2 fully saturated rings. The molecule has 2 N–H and O–H groups in total. The number of halogens is 2. The van der Waals surface area contributed by atoms with Crippen LogP contribution in [0.1, 0.15) is 36.0 Å². The molecule has 1 aliphatic carbocycles. The molecule has 8 heteroatoms. The number of nitrogens with one attached hydrogen (secondary N) is 2. The summed E-state index contributed by atoms with van der Waals surface area (Å²) in [7, 11) is 0. The topological polar surface area (TPSA) is 54.0 Å². The third-order valence-electron chi connectivity index (χ3n) is 3.74. The van der Waals surface area contributed by atoms with Crippen LogP contribution in [0, 0.1) is 12.8 Å². The molecule has 1 aliphatic heterocycles. The van der Waals surface area contributed by atoms with Gasteiger partial charge in [-0.05, 0) is 25.7 Å². The number of hydrogen-bond donors (Lipinski definition) is 2. The number of nitrogens with zero attached hydrogens (tertiary/aromatic N) is 1. The predicted octanol–water partition coefficient (Wildman–Crippen LogP) is 2.96. The Morgan fingerprint density at radius 1 is 1.50 bits per heavy atom. The summed E-state index contributed by atoms with van der Waals surface area (Å²) < 4.78 is 0. The summed E-state index contributed by atoms with van der Waals surface area (Å²) in [5.41, 5.74) is 1.05. The van der Waals surface area contributed by atoms with E-state index >= 15 is 0 Å². The van der Waals surface area contributed by atoms with Gasteiger partial charge in [-0.3, -0.25) is 4.79 Å². The molecule has 0 radical (unpaired) electrons. The molecule has 0 bridgehead atoms. The van der Waals surface area contributed by atoms with Crippen LogP contribution < -0.4 is 10.6 Å². The molecule has 0 aromatic carbocycles. The molecule has 2 unspecified atom stereocenters. The number of hydrogen-bond acceptors (Lipinski definition) is 5. The van der Waals surface area contributed by atoms with Gasteiger partial charge in [0.25, 0.3) is 0 Å². The molecule has 3 rings (SSSR count). The average molecular weight is 384 g/mol. The quantitative estimate of drug-likeness (QED) is 0.820. The Morgan fingerprint density at radius 3 is 2.82 bits per heavy atom. The fraction of sp³-hybridized carbons (Fsp3) is 0.714. The Bertz CT molecular complexity index is 476. The summed E-state index contributed by atoms with van der Waals surface area (Å²) in [5.74, 6) is 2.95. The van der Waals surface area contributed by atoms with Gasteiger partial charge in [0.05, 0.1) is 6.04 Å². The summed E-state index contributed by atoms with van der Waals surface area (Å²) >= 11 is 3.60. The van der Waals surface area contributed by atoms with Crippen LogP contribution in [-0.4, -0.2) is 35.0 Å². The standard InChI is InChI=1S/C14H21N3OS2.2ClH/c1-9-7-20-14(16-9)13(10-2-3-10)17-12(18)6-11-8-19-5-4-15-11;;/h7,10-11,13,15H,2-6,8H2,1H3,(H,17,18);2*1H. The Labute approximate surface area is 152 Å². The van der Waals surface area contributed by atoms with Crippen molar-refractivity contribution in [3.8, 4) is 0 Å². The highest BCUT2D eigenvalue weighted by Gasteiger charge is 2.35. The fourth-order valence-corrected chi connectivity index (χ4v) is 4.42. The molecule has 1 saturated carbocycles. The van der Waals surface area contributed by atoms with Gasteiger partial charge in [0.1, 0.15) is 5.01 Å². The molecule has 1 saturated heterocycles. The van der Waals surface area contributed by atoms with Gasteiger partial charge in [-0.25, -0.2) is 4.98 Å². The number of amides is 1. The van der Waals surface area contributed by atoms with E-state index in [1.165, 1.54) is 12.8 Å². The van der Waals surface area contributed by atoms with Gasteiger partial charge < -0.3 is 10.6 Å². The van der Waals surface area contributed by atoms with Crippen LogP contribution in [0.25, 0.3) is 0 Å². The summed E-state index contributed by atoms with van der Waals surface area (Å²) in [4.78, 5) is 16.8. The van der Waals surface area contributed by atoms with E-state index in [0.717, 1.165) is 28.8 Å². The van der Waals surface area contributed by atoms with E-state index in [9.17, 15) is 4.79 Å². The number of thioether (sulfide) groups is 1. The summed E-state index contributed by atoms with van der Waals surface area (Å²) in [6, 6.07) is 0.462. The highest BCUT2D eigenvalue weighted by molar-refractivity contribution is 7.99. The van der Waals surface area contributed by atoms with Gasteiger partial charge >= 0.3 is 0 Å². The lowest BCUT2D eigenvalue weighted by Gasteiger charge is -2.24. The SMILES string of the molecule is Cc1csc(C(NC(=O)CC2CSCCN2)C2CC2)n1.Cl.Cl. The maximum atomic E-state index is 12.3. The lowest BCUT2D eigenvalue weighted by molar-refractivity contribution is -0.122. The van der Waals surface area contributed by atoms with Crippen molar-refractivity contribution < 1.29 is 4.79 Å². The van der Waals surface area contributed by atoms with Gasteiger partial charge in [-0.15, -0.1) is 36.2 Å². The van der Waals surface area contributed by atoms with E-state index in [1.807, 2.05) is 18.7 Å². The molecule has 1 aromatic heterocycles. The Hall–Kier alpha value is -0.0100. The van der Waals surface area contributed by atoms with E-state index in [0.29, 0.717) is 18.4 Å². The first-order valence-corrected chi connectivity index (χ1v) is 9.28. The smallest absolute Gasteiger partial charge is 0.222 e. The third kappa shape index (κ3) is 5.57. The van der Waals surface area contributed by atoms with E-state index in [1.54, 1.807) is 11.3 Å². The van der Waals surface area contributed by atoms with Gasteiger partial charge in [0.15, 0.2) is 0 Å². The van der Waals surface area contributed by atoms with Crippen molar-refractivity contribution in [3.63, 3.8) is 0 Å². The van der Waals surface area contributed by atoms with Crippen LogP contribution in [0.5, 0.6) is 0 Å². The van der Waals surface area contributed by atoms with Gasteiger partial charge in [-0.1, -0.05) is 0 Å². The number of thiazole rings is 1. The van der Waals surface area contributed by atoms with Crippen LogP contribution in [0.15, 0.2) is 5.38 Å². The zero-order chi connectivity index (χ0) is 13.9. The molecule has 126 valence electrons. The number of carbonyl (C=O) groups excluding carboxylic acids is 1. The third-order valence-corrected chi connectivity index (χ3v) is 5.92. The van der Waals surface area contributed by atoms with Crippen molar-refractivity contribution in [2.45, 2.75) is 38.3 Å². The van der Waals surface area contributed by atoms with Crippen molar-refractivity contribution in [2.75, 3.05) is 18.1 Å². The van der Waals surface area contributed by atoms with E-state index in [4.69, 9.17) is 0 Å². The van der Waals surface area contributed by atoms with Crippen LogP contribution in [-0.2, 0) is 4.79 Å². The lowest BCUT2D eigenvalue weighted by Crippen LogP contribution is -2.42. The van der Waals surface area contributed by atoms with Crippen molar-refractivity contribution in [2.24, 2.45) is 5.92 Å². The highest BCUT2D eigenvalue weighted by atomic mass is 35.5. The normalized spacial score (nSPS) is 22.1. The first kappa shape index (κ1) is 20.0. The molecule has 0 spiro atoms. The van der Waals surface area contributed by atoms with Gasteiger partial charge in [-0.2, -0.15) is 11.8 Å². The molecule has 2 aliphatic rings. The molecular formula is C14H23Cl2N3OS2. The minimum absolute atomic E-state index is 0. The minimum Gasteiger partial charge on any atom is -0.347 e. The molecule has 1 aromatic rings. The average Bonchev–Trinajstić information content (AvgIpc) is 3.19. The lowest BCUT2D eigenvalue weighted by atomic mass is 10.1. The number of carbonyl (C=O) groups is 1. The van der Waals surface area contributed by atoms with E-state index < -0.39 is 0 Å². The van der Waals surface area contributed by atoms with Crippen LogP contribution in [0.4, 0.5) is 0 Å². The Morgan fingerprint density at radius 2 is 2.27 bits per heavy atom. The predicted molar refractivity (Wildman–Crippen MR) is 98.7 cm³/mol. The largest absolute Gasteiger partial charge is 0.347 e. The van der Waals surface area contributed by atoms with Crippen molar-refractivity contribution >= 4 is 53.8 Å². The molecule has 4 nitrogen and oxygen atoms in total. The minimum atomic E-state index is 0. The first-order valence-electron chi connectivity index (χ1n) is 7.25. The number of rotatable bonds is 5. The van der Waals surface area contributed by atoms with Crippen LogP contribution in [0.3, 0.4) is 0 Å². The van der Waals surface area contributed by atoms with E-state index in [-0.39, 0.29) is 36.8 Å². The van der Waals surface area contributed by atoms with Crippen LogP contribution in [0.2, 0.25) is 0 Å². The molecule has 2 atom stereocenters. The second kappa shape index (κ2) is 9.33. The number of aryl methyl sites for hydroxylation is 1. The molecule has 1 amide bonds. The Kier molecular flexibility index (Phi) is 8.49. The van der Waals surface area contributed by atoms with E-state index in [2.05, 4.69) is 21.0 Å². The summed E-state index contributed by atoms with van der Waals surface area (Å²) in [5, 5.41) is 9.77. The monoisotopic (exact) mass is 383 g/mol. The van der Waals surface area contributed by atoms with Crippen molar-refractivity contribution in [3.05, 3.63) is 16.1 Å². The molecule has 2 heterocycles. The first-order chi connectivity index (χ1) is 9.72. The molecule has 22 heavy (non-hydrogen) atoms. The Balaban J connectivity index is 0.00000121. The highest BCUT2D eigenvalue weighted by Crippen LogP contribution is 2.41. The van der Waals surface area contributed by atoms with Crippen molar-refractivity contribution in [1.82, 2.24) is 15.6 Å². The summed E-state index contributed by atoms with van der Waals surface area (Å²) in [6.07, 6.45) is 3.00. The zero-order valence-electron chi connectivity index (χ0n) is 12.5. The number of aromatic nitrogens is 1. The van der Waals surface area contributed by atoms with Crippen LogP contribution >= 0.6 is 47.9 Å². The maximum absolute atomic E-state index is 12.3. The molecular weight excluding hydrogens is 361 g/mol. The second-order valence-corrected chi connectivity index (χ2v) is 7.68. The maximum Gasteiger partial charge on any atom is 0.222 e. The second-order valence-electron chi connectivity index (χ2n) is 5.64. The fourth-order valence-electron chi connectivity index (χ4n) is 2.53.